The normalized spacial score (nSPS) is 32.8. The number of fused-ring (bicyclic) bond motifs is 1. The minimum atomic E-state index is -0.540. The minimum absolute atomic E-state index is 0.341. The van der Waals surface area contributed by atoms with Crippen LogP contribution in [0.25, 0.3) is 0 Å². The summed E-state index contributed by atoms with van der Waals surface area (Å²) in [7, 11) is 0. The molecule has 2 rings (SSSR count). The van der Waals surface area contributed by atoms with E-state index in [9.17, 15) is 9.59 Å². The summed E-state index contributed by atoms with van der Waals surface area (Å²) in [5.41, 5.74) is 3.23. The van der Waals surface area contributed by atoms with Crippen LogP contribution < -0.4 is 0 Å². The number of rotatable bonds is 2. The number of carbonyl (C=O) groups excluding carboxylic acids is 2. The third-order valence-electron chi connectivity index (χ3n) is 4.68. The lowest BCUT2D eigenvalue weighted by molar-refractivity contribution is -0.145. The van der Waals surface area contributed by atoms with Gasteiger partial charge in [-0.3, -0.25) is 0 Å². The molecule has 0 spiro atoms. The smallest absolute Gasteiger partial charge is 0.334 e. The van der Waals surface area contributed by atoms with Gasteiger partial charge in [0.25, 0.3) is 0 Å². The fourth-order valence-corrected chi connectivity index (χ4v) is 3.08. The van der Waals surface area contributed by atoms with Gasteiger partial charge < -0.3 is 9.47 Å². The van der Waals surface area contributed by atoms with E-state index in [1.807, 2.05) is 19.9 Å². The SMILES string of the molecule is C=C1C(=O)O[C@H]2C/C(C)=C/CC/C(C)=C/[C@@H](OC(=O)/C(C)=C\C)[C@H]12. The van der Waals surface area contributed by atoms with Crippen LogP contribution in [0.1, 0.15) is 47.0 Å². The molecule has 1 aliphatic heterocycles. The zero-order valence-corrected chi connectivity index (χ0v) is 14.9. The molecular weight excluding hydrogens is 304 g/mol. The number of hydrogen-bond acceptors (Lipinski definition) is 4. The molecule has 4 heteroatoms. The van der Waals surface area contributed by atoms with Crippen molar-refractivity contribution in [2.45, 2.75) is 59.2 Å². The number of esters is 2. The zero-order chi connectivity index (χ0) is 17.9. The Labute approximate surface area is 143 Å². The van der Waals surface area contributed by atoms with Gasteiger partial charge in [-0.1, -0.05) is 29.9 Å². The molecule has 1 heterocycles. The summed E-state index contributed by atoms with van der Waals surface area (Å²) in [5, 5.41) is 0. The lowest BCUT2D eigenvalue weighted by atomic mass is 9.85. The second-order valence-electron chi connectivity index (χ2n) is 6.64. The van der Waals surface area contributed by atoms with E-state index in [0.29, 0.717) is 17.6 Å². The predicted molar refractivity (Wildman–Crippen MR) is 93.2 cm³/mol. The highest BCUT2D eigenvalue weighted by Gasteiger charge is 2.44. The summed E-state index contributed by atoms with van der Waals surface area (Å²) in [6, 6.07) is 0. The van der Waals surface area contributed by atoms with Gasteiger partial charge in [-0.25, -0.2) is 9.59 Å². The summed E-state index contributed by atoms with van der Waals surface area (Å²) in [6.07, 6.45) is 7.42. The van der Waals surface area contributed by atoms with Crippen LogP contribution in [0.3, 0.4) is 0 Å². The lowest BCUT2D eigenvalue weighted by Gasteiger charge is -2.26. The lowest BCUT2D eigenvalue weighted by Crippen LogP contribution is -2.33. The predicted octanol–water partition coefficient (Wildman–Crippen LogP) is 4.04. The van der Waals surface area contributed by atoms with E-state index in [0.717, 1.165) is 18.4 Å². The first-order valence-electron chi connectivity index (χ1n) is 8.40. The summed E-state index contributed by atoms with van der Waals surface area (Å²) in [4.78, 5) is 24.3. The Bertz CT molecular complexity index is 636. The van der Waals surface area contributed by atoms with Gasteiger partial charge in [0.1, 0.15) is 12.2 Å². The van der Waals surface area contributed by atoms with Crippen LogP contribution in [-0.4, -0.2) is 24.1 Å². The largest absolute Gasteiger partial charge is 0.458 e. The Kier molecular flexibility index (Phi) is 5.81. The van der Waals surface area contributed by atoms with Crippen molar-refractivity contribution in [2.75, 3.05) is 0 Å². The third kappa shape index (κ3) is 4.05. The second kappa shape index (κ2) is 7.65. The molecule has 24 heavy (non-hydrogen) atoms. The highest BCUT2D eigenvalue weighted by atomic mass is 16.6. The Balaban J connectivity index is 2.38. The maximum Gasteiger partial charge on any atom is 0.334 e. The molecule has 0 amide bonds. The van der Waals surface area contributed by atoms with Crippen LogP contribution >= 0.6 is 0 Å². The summed E-state index contributed by atoms with van der Waals surface area (Å²) in [6.45, 7) is 11.5. The van der Waals surface area contributed by atoms with Crippen molar-refractivity contribution < 1.29 is 19.1 Å². The van der Waals surface area contributed by atoms with Crippen molar-refractivity contribution in [2.24, 2.45) is 5.92 Å². The maximum atomic E-state index is 12.3. The molecule has 0 unspecified atom stereocenters. The summed E-state index contributed by atoms with van der Waals surface area (Å²) >= 11 is 0. The molecule has 2 aliphatic rings. The first-order valence-corrected chi connectivity index (χ1v) is 8.40. The van der Waals surface area contributed by atoms with Crippen LogP contribution in [0, 0.1) is 5.92 Å². The van der Waals surface area contributed by atoms with Crippen LogP contribution in [-0.2, 0) is 19.1 Å². The van der Waals surface area contributed by atoms with Crippen molar-refractivity contribution in [1.82, 2.24) is 0 Å². The first-order chi connectivity index (χ1) is 11.3. The van der Waals surface area contributed by atoms with Crippen molar-refractivity contribution >= 4 is 11.9 Å². The average Bonchev–Trinajstić information content (AvgIpc) is 2.79. The van der Waals surface area contributed by atoms with Gasteiger partial charge in [0, 0.05) is 17.6 Å². The van der Waals surface area contributed by atoms with E-state index in [4.69, 9.17) is 9.47 Å². The molecule has 0 aromatic rings. The van der Waals surface area contributed by atoms with Crippen LogP contribution in [0.15, 0.2) is 47.1 Å². The topological polar surface area (TPSA) is 52.6 Å². The van der Waals surface area contributed by atoms with Crippen molar-refractivity contribution in [3.8, 4) is 0 Å². The van der Waals surface area contributed by atoms with Gasteiger partial charge >= 0.3 is 11.9 Å². The highest BCUT2D eigenvalue weighted by molar-refractivity contribution is 5.91. The molecule has 3 atom stereocenters. The number of ether oxygens (including phenoxy) is 2. The highest BCUT2D eigenvalue weighted by Crippen LogP contribution is 2.36. The molecule has 4 nitrogen and oxygen atoms in total. The molecule has 0 radical (unpaired) electrons. The molecule has 1 aliphatic carbocycles. The van der Waals surface area contributed by atoms with Crippen molar-refractivity contribution in [1.29, 1.82) is 0 Å². The van der Waals surface area contributed by atoms with Gasteiger partial charge in [0.2, 0.25) is 0 Å². The van der Waals surface area contributed by atoms with Crippen LogP contribution in [0.4, 0.5) is 0 Å². The fraction of sp³-hybridized carbons (Fsp3) is 0.500. The Hall–Kier alpha value is -2.10. The number of carbonyl (C=O) groups is 2. The van der Waals surface area contributed by atoms with E-state index in [-0.39, 0.29) is 18.0 Å². The molecular formula is C20H26O4. The van der Waals surface area contributed by atoms with Gasteiger partial charge in [0.05, 0.1) is 5.92 Å². The summed E-state index contributed by atoms with van der Waals surface area (Å²) < 4.78 is 11.2. The van der Waals surface area contributed by atoms with E-state index in [1.54, 1.807) is 19.9 Å². The monoisotopic (exact) mass is 330 g/mol. The van der Waals surface area contributed by atoms with E-state index in [2.05, 4.69) is 12.7 Å². The molecule has 130 valence electrons. The van der Waals surface area contributed by atoms with Crippen LogP contribution in [0.2, 0.25) is 0 Å². The van der Waals surface area contributed by atoms with Gasteiger partial charge in [-0.05, 0) is 46.6 Å². The molecule has 0 N–H and O–H groups in total. The standard InChI is InChI=1S/C20H26O4/c1-6-14(4)19(21)23-16-10-12(2)8-7-9-13(3)11-17-18(16)15(5)20(22)24-17/h6,9-10,16-18H,5,7-8,11H2,1-4H3/b12-10+,13-9+,14-6-/t16-,17+,18+/m1/s1. The van der Waals surface area contributed by atoms with E-state index >= 15 is 0 Å². The van der Waals surface area contributed by atoms with Gasteiger partial charge in [0.15, 0.2) is 0 Å². The molecule has 1 fully saturated rings. The zero-order valence-electron chi connectivity index (χ0n) is 14.9. The molecule has 0 aromatic heterocycles. The Morgan fingerprint density at radius 1 is 1.38 bits per heavy atom. The van der Waals surface area contributed by atoms with Crippen LogP contribution in [0.5, 0.6) is 0 Å². The molecule has 0 saturated carbocycles. The molecule has 1 saturated heterocycles. The first kappa shape index (κ1) is 18.2. The number of allylic oxidation sites excluding steroid dienone is 3. The Morgan fingerprint density at radius 2 is 2.08 bits per heavy atom. The van der Waals surface area contributed by atoms with Crippen molar-refractivity contribution in [3.63, 3.8) is 0 Å². The number of hydrogen-bond donors (Lipinski definition) is 0. The van der Waals surface area contributed by atoms with Gasteiger partial charge in [-0.15, -0.1) is 0 Å². The fourth-order valence-electron chi connectivity index (χ4n) is 3.08. The van der Waals surface area contributed by atoms with E-state index in [1.165, 1.54) is 5.57 Å². The van der Waals surface area contributed by atoms with Gasteiger partial charge in [-0.2, -0.15) is 0 Å². The maximum absolute atomic E-state index is 12.3. The third-order valence-corrected chi connectivity index (χ3v) is 4.68. The van der Waals surface area contributed by atoms with E-state index < -0.39 is 12.1 Å². The molecule has 0 aromatic carbocycles. The molecule has 0 bridgehead atoms. The Morgan fingerprint density at radius 3 is 2.75 bits per heavy atom. The minimum Gasteiger partial charge on any atom is -0.458 e. The quantitative estimate of drug-likeness (QED) is 0.436. The average molecular weight is 330 g/mol. The summed E-state index contributed by atoms with van der Waals surface area (Å²) in [5.74, 6) is -1.11. The second-order valence-corrected chi connectivity index (χ2v) is 6.64. The van der Waals surface area contributed by atoms with Crippen molar-refractivity contribution in [3.05, 3.63) is 47.1 Å².